The third-order valence-electron chi connectivity index (χ3n) is 2.94. The molecule has 0 saturated carbocycles. The zero-order valence-corrected chi connectivity index (χ0v) is 11.3. The van der Waals surface area contributed by atoms with Crippen LogP contribution < -0.4 is 0 Å². The molecule has 1 aromatic heterocycles. The first kappa shape index (κ1) is 11.4. The summed E-state index contributed by atoms with van der Waals surface area (Å²) in [6.45, 7) is 0.751. The van der Waals surface area contributed by atoms with E-state index in [0.29, 0.717) is 0 Å². The molecule has 2 aromatic carbocycles. The summed E-state index contributed by atoms with van der Waals surface area (Å²) in [6.07, 6.45) is 1.97. The van der Waals surface area contributed by atoms with E-state index in [-0.39, 0.29) is 0 Å². The van der Waals surface area contributed by atoms with Crippen LogP contribution in [0, 0.1) is 0 Å². The van der Waals surface area contributed by atoms with Crippen molar-refractivity contribution in [3.05, 3.63) is 59.9 Å². The highest BCUT2D eigenvalue weighted by Gasteiger charge is 2.03. The van der Waals surface area contributed by atoms with E-state index in [1.54, 1.807) is 0 Å². The zero-order chi connectivity index (χ0) is 12.4. The Morgan fingerprint density at radius 3 is 2.72 bits per heavy atom. The third kappa shape index (κ3) is 2.16. The number of alkyl halides is 1. The van der Waals surface area contributed by atoms with Gasteiger partial charge in [0.25, 0.3) is 0 Å². The van der Waals surface area contributed by atoms with E-state index in [0.717, 1.165) is 17.6 Å². The molecule has 0 unspecified atom stereocenters. The predicted octanol–water partition coefficient (Wildman–Crippen LogP) is 3.37. The van der Waals surface area contributed by atoms with Crippen molar-refractivity contribution in [3.8, 4) is 0 Å². The van der Waals surface area contributed by atoms with Crippen molar-refractivity contribution in [2.75, 3.05) is 0 Å². The molecule has 3 nitrogen and oxygen atoms in total. The van der Waals surface area contributed by atoms with Gasteiger partial charge in [-0.3, -0.25) is 0 Å². The van der Waals surface area contributed by atoms with E-state index in [4.69, 9.17) is 0 Å². The molecule has 18 heavy (non-hydrogen) atoms. The molecule has 0 aliphatic rings. The number of halogens is 1. The lowest BCUT2D eigenvalue weighted by Gasteiger charge is -2.05. The maximum Gasteiger partial charge on any atom is 0.0932 e. The summed E-state index contributed by atoms with van der Waals surface area (Å²) in [4.78, 5) is 0. The summed E-state index contributed by atoms with van der Waals surface area (Å²) < 4.78 is 1.87. The minimum Gasteiger partial charge on any atom is -0.248 e. The normalized spacial score (nSPS) is 10.9. The molecule has 0 atom stereocenters. The monoisotopic (exact) mass is 301 g/mol. The van der Waals surface area contributed by atoms with Crippen LogP contribution in [0.25, 0.3) is 10.8 Å². The van der Waals surface area contributed by atoms with Crippen molar-refractivity contribution < 1.29 is 0 Å². The quantitative estimate of drug-likeness (QED) is 0.694. The summed E-state index contributed by atoms with van der Waals surface area (Å²) in [7, 11) is 0. The van der Waals surface area contributed by atoms with Gasteiger partial charge in [-0.2, -0.15) is 0 Å². The van der Waals surface area contributed by atoms with Crippen LogP contribution in [-0.2, 0) is 11.9 Å². The zero-order valence-electron chi connectivity index (χ0n) is 9.75. The van der Waals surface area contributed by atoms with Gasteiger partial charge in [-0.1, -0.05) is 63.6 Å². The lowest BCUT2D eigenvalue weighted by molar-refractivity contribution is 0.652. The Morgan fingerprint density at radius 2 is 1.89 bits per heavy atom. The fourth-order valence-corrected chi connectivity index (χ4v) is 2.34. The molecule has 0 saturated heterocycles. The molecule has 0 amide bonds. The summed E-state index contributed by atoms with van der Waals surface area (Å²) in [5.41, 5.74) is 2.22. The minimum atomic E-state index is 0.739. The Morgan fingerprint density at radius 1 is 1.06 bits per heavy atom. The van der Waals surface area contributed by atoms with E-state index in [1.165, 1.54) is 16.3 Å². The number of nitrogens with zero attached hydrogens (tertiary/aromatic N) is 3. The molecule has 0 fully saturated rings. The minimum absolute atomic E-state index is 0.739. The Kier molecular flexibility index (Phi) is 3.11. The Balaban J connectivity index is 1.99. The van der Waals surface area contributed by atoms with Crippen LogP contribution in [0.5, 0.6) is 0 Å². The van der Waals surface area contributed by atoms with Crippen LogP contribution in [0.15, 0.2) is 48.7 Å². The molecule has 0 bridgehead atoms. The lowest BCUT2D eigenvalue weighted by atomic mass is 10.0. The second-order valence-corrected chi connectivity index (χ2v) is 4.74. The van der Waals surface area contributed by atoms with Gasteiger partial charge >= 0.3 is 0 Å². The smallest absolute Gasteiger partial charge is 0.0932 e. The molecule has 0 spiro atoms. The van der Waals surface area contributed by atoms with Crippen molar-refractivity contribution in [3.63, 3.8) is 0 Å². The van der Waals surface area contributed by atoms with Gasteiger partial charge in [-0.15, -0.1) is 5.10 Å². The fraction of sp³-hybridized carbons (Fsp3) is 0.143. The second-order valence-electron chi connectivity index (χ2n) is 4.18. The van der Waals surface area contributed by atoms with Gasteiger partial charge in [0.05, 0.1) is 12.2 Å². The Bertz CT molecular complexity index is 670. The molecule has 0 radical (unpaired) electrons. The van der Waals surface area contributed by atoms with Crippen LogP contribution in [-0.4, -0.2) is 15.0 Å². The van der Waals surface area contributed by atoms with Crippen LogP contribution in [0.1, 0.15) is 11.3 Å². The average molecular weight is 302 g/mol. The van der Waals surface area contributed by atoms with Gasteiger partial charge in [-0.05, 0) is 16.3 Å². The molecule has 0 N–H and O–H groups in total. The van der Waals surface area contributed by atoms with Crippen molar-refractivity contribution in [2.24, 2.45) is 0 Å². The van der Waals surface area contributed by atoms with E-state index >= 15 is 0 Å². The first-order valence-corrected chi connectivity index (χ1v) is 6.90. The van der Waals surface area contributed by atoms with Gasteiger partial charge < -0.3 is 0 Å². The van der Waals surface area contributed by atoms with Crippen molar-refractivity contribution in [1.82, 2.24) is 15.0 Å². The summed E-state index contributed by atoms with van der Waals surface area (Å²) in [5.74, 6) is 0. The van der Waals surface area contributed by atoms with Gasteiger partial charge in [0.2, 0.25) is 0 Å². The molecule has 4 heteroatoms. The maximum atomic E-state index is 4.13. The molecule has 0 aliphatic heterocycles. The molecule has 0 aliphatic carbocycles. The largest absolute Gasteiger partial charge is 0.248 e. The first-order valence-electron chi connectivity index (χ1n) is 5.78. The number of aromatic nitrogens is 3. The van der Waals surface area contributed by atoms with Crippen LogP contribution in [0.2, 0.25) is 0 Å². The van der Waals surface area contributed by atoms with Crippen molar-refractivity contribution >= 4 is 26.7 Å². The van der Waals surface area contributed by atoms with E-state index in [1.807, 2.05) is 10.9 Å². The maximum absolute atomic E-state index is 4.13. The van der Waals surface area contributed by atoms with Gasteiger partial charge in [-0.25, -0.2) is 4.68 Å². The number of benzene rings is 2. The number of hydrogen-bond acceptors (Lipinski definition) is 2. The van der Waals surface area contributed by atoms with E-state index in [2.05, 4.69) is 68.7 Å². The SMILES string of the molecule is BrCc1cn(Cc2cccc3ccccc23)nn1. The fourth-order valence-electron chi connectivity index (χ4n) is 2.08. The van der Waals surface area contributed by atoms with E-state index in [9.17, 15) is 0 Å². The van der Waals surface area contributed by atoms with Crippen LogP contribution >= 0.6 is 15.9 Å². The van der Waals surface area contributed by atoms with Crippen LogP contribution in [0.4, 0.5) is 0 Å². The standard InChI is InChI=1S/C14H12BrN3/c15-8-13-10-18(17-16-13)9-12-6-3-5-11-4-1-2-7-14(11)12/h1-7,10H,8-9H2. The van der Waals surface area contributed by atoms with Crippen molar-refractivity contribution in [2.45, 2.75) is 11.9 Å². The highest BCUT2D eigenvalue weighted by Crippen LogP contribution is 2.19. The average Bonchev–Trinajstić information content (AvgIpc) is 2.87. The van der Waals surface area contributed by atoms with Crippen LogP contribution in [0.3, 0.4) is 0 Å². The Hall–Kier alpha value is -1.68. The molecule has 3 aromatic rings. The summed E-state index contributed by atoms with van der Waals surface area (Å²) in [5, 5.41) is 11.5. The molecule has 1 heterocycles. The number of rotatable bonds is 3. The molecular weight excluding hydrogens is 290 g/mol. The number of hydrogen-bond donors (Lipinski definition) is 0. The second kappa shape index (κ2) is 4.90. The predicted molar refractivity (Wildman–Crippen MR) is 75.7 cm³/mol. The Labute approximate surface area is 114 Å². The lowest BCUT2D eigenvalue weighted by Crippen LogP contribution is -2.01. The first-order chi connectivity index (χ1) is 8.86. The topological polar surface area (TPSA) is 30.7 Å². The van der Waals surface area contributed by atoms with Gasteiger partial charge in [0.1, 0.15) is 0 Å². The highest BCUT2D eigenvalue weighted by atomic mass is 79.9. The van der Waals surface area contributed by atoms with Gasteiger partial charge in [0, 0.05) is 11.5 Å². The summed E-state index contributed by atoms with van der Waals surface area (Å²) in [6, 6.07) is 14.8. The van der Waals surface area contributed by atoms with E-state index < -0.39 is 0 Å². The summed E-state index contributed by atoms with van der Waals surface area (Å²) >= 11 is 3.38. The molecule has 90 valence electrons. The van der Waals surface area contributed by atoms with Gasteiger partial charge in [0.15, 0.2) is 0 Å². The molecular formula is C14H12BrN3. The highest BCUT2D eigenvalue weighted by molar-refractivity contribution is 9.08. The van der Waals surface area contributed by atoms with Crippen molar-refractivity contribution in [1.29, 1.82) is 0 Å². The third-order valence-corrected chi connectivity index (χ3v) is 3.51. The molecule has 3 rings (SSSR count). The number of fused-ring (bicyclic) bond motifs is 1.